The van der Waals surface area contributed by atoms with Crippen LogP contribution in [0.3, 0.4) is 0 Å². The third kappa shape index (κ3) is 7.75. The quantitative estimate of drug-likeness (QED) is 0.394. The Kier molecular flexibility index (Phi) is 10.1. The number of thioether (sulfide) groups is 1. The summed E-state index contributed by atoms with van der Waals surface area (Å²) >= 11 is 7.62. The van der Waals surface area contributed by atoms with Crippen molar-refractivity contribution in [1.82, 2.24) is 10.2 Å². The van der Waals surface area contributed by atoms with Crippen LogP contribution in [0.2, 0.25) is 5.02 Å². The SMILES string of the molecule is CCNC(=O)[C@@H](CC)N(Cc1ccccc1)C(=O)CCCSc1ccc(Cl)cc1. The molecule has 0 saturated carbocycles. The molecule has 0 aliphatic heterocycles. The van der Waals surface area contributed by atoms with E-state index >= 15 is 0 Å². The van der Waals surface area contributed by atoms with Crippen LogP contribution in [0.1, 0.15) is 38.7 Å². The summed E-state index contributed by atoms with van der Waals surface area (Å²) in [7, 11) is 0. The molecule has 29 heavy (non-hydrogen) atoms. The normalized spacial score (nSPS) is 11.7. The lowest BCUT2D eigenvalue weighted by molar-refractivity contribution is -0.141. The molecule has 156 valence electrons. The first-order chi connectivity index (χ1) is 14.0. The molecular weight excluding hydrogens is 404 g/mol. The summed E-state index contributed by atoms with van der Waals surface area (Å²) in [5.41, 5.74) is 1.03. The molecule has 0 aliphatic carbocycles. The number of halogens is 1. The van der Waals surface area contributed by atoms with Crippen molar-refractivity contribution < 1.29 is 9.59 Å². The van der Waals surface area contributed by atoms with Gasteiger partial charge in [-0.15, -0.1) is 11.8 Å². The Hall–Kier alpha value is -1.98. The Morgan fingerprint density at radius 1 is 1.07 bits per heavy atom. The molecule has 0 radical (unpaired) electrons. The van der Waals surface area contributed by atoms with E-state index in [1.165, 1.54) is 0 Å². The van der Waals surface area contributed by atoms with Crippen LogP contribution in [-0.4, -0.2) is 35.1 Å². The number of nitrogens with one attached hydrogen (secondary N) is 1. The number of hydrogen-bond donors (Lipinski definition) is 1. The zero-order valence-electron chi connectivity index (χ0n) is 17.1. The van der Waals surface area contributed by atoms with Crippen LogP contribution in [0, 0.1) is 0 Å². The fourth-order valence-electron chi connectivity index (χ4n) is 3.08. The first kappa shape index (κ1) is 23.3. The minimum atomic E-state index is -0.452. The van der Waals surface area contributed by atoms with Crippen molar-refractivity contribution in [2.75, 3.05) is 12.3 Å². The maximum atomic E-state index is 13.0. The lowest BCUT2D eigenvalue weighted by Crippen LogP contribution is -2.49. The highest BCUT2D eigenvalue weighted by atomic mass is 35.5. The van der Waals surface area contributed by atoms with Gasteiger partial charge in [0.05, 0.1) is 0 Å². The van der Waals surface area contributed by atoms with Gasteiger partial charge in [0, 0.05) is 29.4 Å². The number of benzene rings is 2. The molecule has 2 amide bonds. The molecule has 0 unspecified atom stereocenters. The monoisotopic (exact) mass is 432 g/mol. The Morgan fingerprint density at radius 2 is 1.76 bits per heavy atom. The number of hydrogen-bond acceptors (Lipinski definition) is 3. The van der Waals surface area contributed by atoms with Crippen LogP contribution in [0.25, 0.3) is 0 Å². The molecule has 0 fully saturated rings. The van der Waals surface area contributed by atoms with E-state index in [4.69, 9.17) is 11.6 Å². The zero-order chi connectivity index (χ0) is 21.1. The molecule has 0 aliphatic rings. The molecule has 0 aromatic heterocycles. The zero-order valence-corrected chi connectivity index (χ0v) is 18.6. The largest absolute Gasteiger partial charge is 0.355 e. The molecule has 2 aromatic rings. The van der Waals surface area contributed by atoms with Gasteiger partial charge in [-0.3, -0.25) is 9.59 Å². The molecule has 6 heteroatoms. The molecule has 1 N–H and O–H groups in total. The first-order valence-corrected chi connectivity index (χ1v) is 11.4. The van der Waals surface area contributed by atoms with Crippen LogP contribution in [0.5, 0.6) is 0 Å². The van der Waals surface area contributed by atoms with Crippen LogP contribution in [-0.2, 0) is 16.1 Å². The van der Waals surface area contributed by atoms with Gasteiger partial charge in [0.2, 0.25) is 11.8 Å². The second-order valence-corrected chi connectivity index (χ2v) is 8.34. The van der Waals surface area contributed by atoms with Gasteiger partial charge in [-0.2, -0.15) is 0 Å². The summed E-state index contributed by atoms with van der Waals surface area (Å²) in [4.78, 5) is 28.4. The summed E-state index contributed by atoms with van der Waals surface area (Å²) in [5.74, 6) is 0.767. The predicted octanol–water partition coefficient (Wildman–Crippen LogP) is 5.16. The topological polar surface area (TPSA) is 49.4 Å². The molecule has 4 nitrogen and oxygen atoms in total. The van der Waals surface area contributed by atoms with Gasteiger partial charge in [0.25, 0.3) is 0 Å². The van der Waals surface area contributed by atoms with Gasteiger partial charge in [-0.1, -0.05) is 48.9 Å². The minimum absolute atomic E-state index is 0.0173. The van der Waals surface area contributed by atoms with E-state index in [2.05, 4.69) is 5.32 Å². The maximum Gasteiger partial charge on any atom is 0.242 e. The Labute approximate surface area is 183 Å². The summed E-state index contributed by atoms with van der Waals surface area (Å²) in [6.07, 6.45) is 1.76. The minimum Gasteiger partial charge on any atom is -0.355 e. The summed E-state index contributed by atoms with van der Waals surface area (Å²) in [5, 5.41) is 3.58. The van der Waals surface area contributed by atoms with Gasteiger partial charge in [-0.25, -0.2) is 0 Å². The Balaban J connectivity index is 1.98. The van der Waals surface area contributed by atoms with Gasteiger partial charge in [-0.05, 0) is 55.3 Å². The average Bonchev–Trinajstić information content (AvgIpc) is 2.73. The smallest absolute Gasteiger partial charge is 0.242 e. The van der Waals surface area contributed by atoms with Crippen molar-refractivity contribution in [2.24, 2.45) is 0 Å². The first-order valence-electron chi connectivity index (χ1n) is 10.0. The summed E-state index contributed by atoms with van der Waals surface area (Å²) in [6.45, 7) is 4.84. The molecule has 0 saturated heterocycles. The molecule has 0 spiro atoms. The lowest BCUT2D eigenvalue weighted by Gasteiger charge is -2.30. The maximum absolute atomic E-state index is 13.0. The van der Waals surface area contributed by atoms with Gasteiger partial charge >= 0.3 is 0 Å². The van der Waals surface area contributed by atoms with Gasteiger partial charge in [0.15, 0.2) is 0 Å². The fourth-order valence-corrected chi connectivity index (χ4v) is 4.06. The number of rotatable bonds is 11. The average molecular weight is 433 g/mol. The number of amides is 2. The standard InChI is InChI=1S/C23H29ClN2O2S/c1-3-21(23(28)25-4-2)26(17-18-9-6-5-7-10-18)22(27)11-8-16-29-20-14-12-19(24)13-15-20/h5-7,9-10,12-15,21H,3-4,8,11,16-17H2,1-2H3,(H,25,28)/t21-/m1/s1. The van der Waals surface area contributed by atoms with Crippen molar-refractivity contribution in [3.05, 3.63) is 65.2 Å². The summed E-state index contributed by atoms with van der Waals surface area (Å²) < 4.78 is 0. The number of nitrogens with zero attached hydrogens (tertiary/aromatic N) is 1. The highest BCUT2D eigenvalue weighted by molar-refractivity contribution is 7.99. The second-order valence-electron chi connectivity index (χ2n) is 6.73. The second kappa shape index (κ2) is 12.6. The van der Waals surface area contributed by atoms with E-state index in [-0.39, 0.29) is 11.8 Å². The Bertz CT molecular complexity index is 768. The predicted molar refractivity (Wildman–Crippen MR) is 121 cm³/mol. The molecule has 2 aromatic carbocycles. The number of likely N-dealkylation sites (N-methyl/N-ethyl adjacent to an activating group) is 1. The number of carbonyl (C=O) groups is 2. The molecular formula is C23H29ClN2O2S. The fraction of sp³-hybridized carbons (Fsp3) is 0.391. The number of carbonyl (C=O) groups excluding carboxylic acids is 2. The van der Waals surface area contributed by atoms with Crippen molar-refractivity contribution >= 4 is 35.2 Å². The van der Waals surface area contributed by atoms with E-state index < -0.39 is 6.04 Å². The van der Waals surface area contributed by atoms with E-state index in [0.29, 0.717) is 25.9 Å². The van der Waals surface area contributed by atoms with Crippen molar-refractivity contribution in [2.45, 2.75) is 50.6 Å². The highest BCUT2D eigenvalue weighted by Gasteiger charge is 2.27. The Morgan fingerprint density at radius 3 is 2.38 bits per heavy atom. The third-order valence-electron chi connectivity index (χ3n) is 4.55. The summed E-state index contributed by atoms with van der Waals surface area (Å²) in [6, 6.07) is 17.1. The van der Waals surface area contributed by atoms with E-state index in [0.717, 1.165) is 27.7 Å². The molecule has 1 atom stereocenters. The van der Waals surface area contributed by atoms with Crippen molar-refractivity contribution in [1.29, 1.82) is 0 Å². The van der Waals surface area contributed by atoms with Crippen molar-refractivity contribution in [3.63, 3.8) is 0 Å². The lowest BCUT2D eigenvalue weighted by atomic mass is 10.1. The van der Waals surface area contributed by atoms with Crippen LogP contribution >= 0.6 is 23.4 Å². The van der Waals surface area contributed by atoms with Crippen molar-refractivity contribution in [3.8, 4) is 0 Å². The molecule has 2 rings (SSSR count). The third-order valence-corrected chi connectivity index (χ3v) is 5.90. The molecule has 0 heterocycles. The highest BCUT2D eigenvalue weighted by Crippen LogP contribution is 2.22. The van der Waals surface area contributed by atoms with Crippen LogP contribution < -0.4 is 5.32 Å². The van der Waals surface area contributed by atoms with Gasteiger partial charge in [0.1, 0.15) is 6.04 Å². The van der Waals surface area contributed by atoms with Crippen LogP contribution in [0.4, 0.5) is 0 Å². The van der Waals surface area contributed by atoms with E-state index in [1.807, 2.05) is 68.4 Å². The van der Waals surface area contributed by atoms with Gasteiger partial charge < -0.3 is 10.2 Å². The van der Waals surface area contributed by atoms with Crippen LogP contribution in [0.15, 0.2) is 59.5 Å². The van der Waals surface area contributed by atoms with E-state index in [9.17, 15) is 9.59 Å². The van der Waals surface area contributed by atoms with E-state index in [1.54, 1.807) is 16.7 Å². The molecule has 0 bridgehead atoms.